The number of carboxylic acids is 1. The summed E-state index contributed by atoms with van der Waals surface area (Å²) >= 11 is 0. The van der Waals surface area contributed by atoms with Gasteiger partial charge in [-0.05, 0) is 55.6 Å². The number of carbonyl (C=O) groups is 1. The molecule has 0 spiro atoms. The van der Waals surface area contributed by atoms with E-state index in [1.54, 1.807) is 7.05 Å². The molecule has 0 aromatic heterocycles. The molecule has 0 fully saturated rings. The van der Waals surface area contributed by atoms with Gasteiger partial charge in [-0.2, -0.15) is 13.2 Å². The molecule has 134 valence electrons. The second-order valence-electron chi connectivity index (χ2n) is 5.10. The molecule has 2 aromatic carbocycles. The number of alkyl halides is 3. The topological polar surface area (TPSA) is 67.8 Å². The van der Waals surface area contributed by atoms with Gasteiger partial charge in [0.25, 0.3) is 0 Å². The van der Waals surface area contributed by atoms with E-state index in [4.69, 9.17) is 14.6 Å². The van der Waals surface area contributed by atoms with E-state index in [2.05, 4.69) is 5.32 Å². The molecule has 25 heavy (non-hydrogen) atoms. The number of likely N-dealkylation sites (N-methyl/N-ethyl adjacent to an activating group) is 1. The lowest BCUT2D eigenvalue weighted by molar-refractivity contribution is -0.144. The van der Waals surface area contributed by atoms with E-state index in [1.807, 2.05) is 0 Å². The van der Waals surface area contributed by atoms with Crippen LogP contribution < -0.4 is 14.8 Å². The average molecular weight is 355 g/mol. The third kappa shape index (κ3) is 5.39. The smallest absolute Gasteiger partial charge is 0.416 e. The third-order valence-electron chi connectivity index (χ3n) is 3.18. The van der Waals surface area contributed by atoms with Crippen LogP contribution >= 0.6 is 0 Å². The van der Waals surface area contributed by atoms with Gasteiger partial charge >= 0.3 is 12.1 Å². The summed E-state index contributed by atoms with van der Waals surface area (Å²) in [7, 11) is 1.61. The summed E-state index contributed by atoms with van der Waals surface area (Å²) in [5.41, 5.74) is -0.757. The number of halogens is 3. The van der Waals surface area contributed by atoms with Gasteiger partial charge in [-0.1, -0.05) is 0 Å². The summed E-state index contributed by atoms with van der Waals surface area (Å²) in [6, 6.07) is 10.4. The van der Waals surface area contributed by atoms with Crippen LogP contribution in [-0.2, 0) is 11.0 Å². The van der Waals surface area contributed by atoms with Crippen LogP contribution in [0, 0.1) is 0 Å². The summed E-state index contributed by atoms with van der Waals surface area (Å²) in [5, 5.41) is 11.7. The maximum Gasteiger partial charge on any atom is 0.416 e. The zero-order valence-electron chi connectivity index (χ0n) is 13.2. The fourth-order valence-electron chi connectivity index (χ4n) is 1.96. The van der Waals surface area contributed by atoms with Gasteiger partial charge in [-0.15, -0.1) is 0 Å². The quantitative estimate of drug-likeness (QED) is 0.795. The van der Waals surface area contributed by atoms with Crippen LogP contribution in [0.5, 0.6) is 17.2 Å². The monoisotopic (exact) mass is 355 g/mol. The molecule has 2 aromatic rings. The van der Waals surface area contributed by atoms with Gasteiger partial charge in [0, 0.05) is 6.54 Å². The average Bonchev–Trinajstić information content (AvgIpc) is 2.56. The Balaban J connectivity index is 2.01. The molecule has 0 aliphatic rings. The summed E-state index contributed by atoms with van der Waals surface area (Å²) in [5.74, 6) is -0.130. The van der Waals surface area contributed by atoms with Crippen LogP contribution in [0.4, 0.5) is 13.2 Å². The van der Waals surface area contributed by atoms with Crippen LogP contribution in [0.25, 0.3) is 0 Å². The van der Waals surface area contributed by atoms with Crippen LogP contribution in [0.3, 0.4) is 0 Å². The van der Waals surface area contributed by atoms with Gasteiger partial charge in [0.15, 0.2) is 0 Å². The van der Waals surface area contributed by atoms with Crippen LogP contribution in [0.2, 0.25) is 0 Å². The maximum absolute atomic E-state index is 12.5. The summed E-state index contributed by atoms with van der Waals surface area (Å²) in [4.78, 5) is 11.0. The minimum atomic E-state index is -4.40. The van der Waals surface area contributed by atoms with Crippen LogP contribution in [0.15, 0.2) is 48.5 Å². The highest BCUT2D eigenvalue weighted by Gasteiger charge is 2.30. The number of nitrogens with one attached hydrogen (secondary N) is 1. The molecule has 0 radical (unpaired) electrons. The predicted molar refractivity (Wildman–Crippen MR) is 83.9 cm³/mol. The van der Waals surface area contributed by atoms with Crippen molar-refractivity contribution < 1.29 is 32.5 Å². The fourth-order valence-corrected chi connectivity index (χ4v) is 1.96. The first-order valence-corrected chi connectivity index (χ1v) is 7.29. The van der Waals surface area contributed by atoms with Gasteiger partial charge in [0.2, 0.25) is 6.10 Å². The maximum atomic E-state index is 12.5. The number of ether oxygens (including phenoxy) is 2. The van der Waals surface area contributed by atoms with E-state index >= 15 is 0 Å². The summed E-state index contributed by atoms with van der Waals surface area (Å²) < 4.78 is 48.3. The first-order chi connectivity index (χ1) is 11.8. The Bertz CT molecular complexity index is 699. The second-order valence-corrected chi connectivity index (χ2v) is 5.10. The van der Waals surface area contributed by atoms with Gasteiger partial charge < -0.3 is 19.9 Å². The molecule has 0 aliphatic carbocycles. The molecule has 2 rings (SSSR count). The van der Waals surface area contributed by atoms with Gasteiger partial charge in [0.1, 0.15) is 17.2 Å². The Kier molecular flexibility index (Phi) is 5.87. The molecule has 1 atom stereocenters. The van der Waals surface area contributed by atoms with Crippen molar-refractivity contribution in [2.45, 2.75) is 12.3 Å². The molecule has 0 bridgehead atoms. The molecule has 8 heteroatoms. The molecule has 2 N–H and O–H groups in total. The first-order valence-electron chi connectivity index (χ1n) is 7.29. The zero-order valence-corrected chi connectivity index (χ0v) is 13.2. The highest BCUT2D eigenvalue weighted by Crippen LogP contribution is 2.31. The Morgan fingerprint density at radius 2 is 1.52 bits per heavy atom. The van der Waals surface area contributed by atoms with E-state index in [0.29, 0.717) is 11.5 Å². The number of carboxylic acid groups (broad SMARTS) is 1. The lowest BCUT2D eigenvalue weighted by atomic mass is 10.2. The number of rotatable bonds is 7. The lowest BCUT2D eigenvalue weighted by Gasteiger charge is -2.15. The summed E-state index contributed by atoms with van der Waals surface area (Å²) in [6.45, 7) is 0.138. The zero-order chi connectivity index (χ0) is 18.4. The van der Waals surface area contributed by atoms with Crippen LogP contribution in [0.1, 0.15) is 5.56 Å². The number of aliphatic carboxylic acids is 1. The molecule has 0 heterocycles. The van der Waals surface area contributed by atoms with Gasteiger partial charge in [0.05, 0.1) is 5.56 Å². The fraction of sp³-hybridized carbons (Fsp3) is 0.235. The van der Waals surface area contributed by atoms with E-state index < -0.39 is 23.8 Å². The molecule has 1 unspecified atom stereocenters. The minimum Gasteiger partial charge on any atom is -0.478 e. The van der Waals surface area contributed by atoms with E-state index in [0.717, 1.165) is 12.1 Å². The molecule has 0 amide bonds. The predicted octanol–water partition coefficient (Wildman–Crippen LogP) is 3.55. The van der Waals surface area contributed by atoms with Gasteiger partial charge in [-0.3, -0.25) is 0 Å². The van der Waals surface area contributed by atoms with Crippen molar-refractivity contribution in [2.75, 3.05) is 13.6 Å². The molecule has 0 aliphatic heterocycles. The van der Waals surface area contributed by atoms with E-state index in [-0.39, 0.29) is 12.3 Å². The Morgan fingerprint density at radius 3 is 1.96 bits per heavy atom. The van der Waals surface area contributed by atoms with Crippen molar-refractivity contribution in [1.82, 2.24) is 5.32 Å². The molecule has 0 saturated carbocycles. The standard InChI is InChI=1S/C17H16F3NO4/c1-21-10-15(16(22)23)25-14-8-6-13(7-9-14)24-12-4-2-11(3-5-12)17(18,19)20/h2-9,15,21H,10H2,1H3,(H,22,23). The number of benzene rings is 2. The highest BCUT2D eigenvalue weighted by atomic mass is 19.4. The minimum absolute atomic E-state index is 0.138. The Morgan fingerprint density at radius 1 is 1.04 bits per heavy atom. The molecular weight excluding hydrogens is 339 g/mol. The van der Waals surface area contributed by atoms with Crippen LogP contribution in [-0.4, -0.2) is 30.8 Å². The van der Waals surface area contributed by atoms with Crippen molar-refractivity contribution in [2.24, 2.45) is 0 Å². The SMILES string of the molecule is CNCC(Oc1ccc(Oc2ccc(C(F)(F)F)cc2)cc1)C(=O)O. The third-order valence-corrected chi connectivity index (χ3v) is 3.18. The number of hydrogen-bond acceptors (Lipinski definition) is 4. The van der Waals surface area contributed by atoms with Crippen molar-refractivity contribution in [3.8, 4) is 17.2 Å². The first kappa shape index (κ1) is 18.6. The second kappa shape index (κ2) is 7.89. The normalized spacial score (nSPS) is 12.5. The summed E-state index contributed by atoms with van der Waals surface area (Å²) in [6.07, 6.45) is -5.43. The lowest BCUT2D eigenvalue weighted by Crippen LogP contribution is -2.36. The van der Waals surface area contributed by atoms with Crippen molar-refractivity contribution in [3.05, 3.63) is 54.1 Å². The molecular formula is C17H16F3NO4. The Labute approximate surface area is 142 Å². The largest absolute Gasteiger partial charge is 0.478 e. The Hall–Kier alpha value is -2.74. The number of hydrogen-bond donors (Lipinski definition) is 2. The highest BCUT2D eigenvalue weighted by molar-refractivity contribution is 5.73. The van der Waals surface area contributed by atoms with Crippen molar-refractivity contribution in [1.29, 1.82) is 0 Å². The van der Waals surface area contributed by atoms with Crippen molar-refractivity contribution in [3.63, 3.8) is 0 Å². The van der Waals surface area contributed by atoms with E-state index in [9.17, 15) is 18.0 Å². The van der Waals surface area contributed by atoms with Gasteiger partial charge in [-0.25, -0.2) is 4.79 Å². The molecule has 5 nitrogen and oxygen atoms in total. The molecule has 0 saturated heterocycles. The van der Waals surface area contributed by atoms with E-state index in [1.165, 1.54) is 36.4 Å². The van der Waals surface area contributed by atoms with Crippen molar-refractivity contribution >= 4 is 5.97 Å².